The number of piperidine rings is 1. The number of nitrogens with zero attached hydrogens (tertiary/aromatic N) is 2. The van der Waals surface area contributed by atoms with Crippen LogP contribution in [0.3, 0.4) is 0 Å². The fourth-order valence-corrected chi connectivity index (χ4v) is 2.94. The lowest BCUT2D eigenvalue weighted by atomic mass is 9.94. The second-order valence-electron chi connectivity index (χ2n) is 5.48. The van der Waals surface area contributed by atoms with Crippen LogP contribution in [0.5, 0.6) is 0 Å². The number of aromatic amines is 1. The highest BCUT2D eigenvalue weighted by Crippen LogP contribution is 2.23. The first kappa shape index (κ1) is 13.6. The Labute approximate surface area is 121 Å². The summed E-state index contributed by atoms with van der Waals surface area (Å²) >= 11 is 0. The van der Waals surface area contributed by atoms with Crippen molar-refractivity contribution in [3.63, 3.8) is 0 Å². The molecule has 0 spiro atoms. The molecule has 6 nitrogen and oxygen atoms in total. The van der Waals surface area contributed by atoms with E-state index in [1.54, 1.807) is 4.90 Å². The summed E-state index contributed by atoms with van der Waals surface area (Å²) in [5, 5.41) is 16.7. The number of H-pyrrole nitrogens is 1. The molecule has 0 saturated carbocycles. The molecule has 1 unspecified atom stereocenters. The summed E-state index contributed by atoms with van der Waals surface area (Å²) in [5.41, 5.74) is 1.25. The van der Waals surface area contributed by atoms with Crippen molar-refractivity contribution in [2.24, 2.45) is 5.92 Å². The molecule has 1 aliphatic rings. The molecule has 1 aromatic carbocycles. The fourth-order valence-electron chi connectivity index (χ4n) is 2.94. The van der Waals surface area contributed by atoms with E-state index >= 15 is 0 Å². The molecule has 2 heterocycles. The fraction of sp³-hybridized carbons (Fsp3) is 0.400. The minimum Gasteiger partial charge on any atom is -0.481 e. The maximum atomic E-state index is 12.6. The second kappa shape index (κ2) is 5.55. The molecule has 0 radical (unpaired) electrons. The molecule has 1 amide bonds. The zero-order valence-corrected chi connectivity index (χ0v) is 11.6. The van der Waals surface area contributed by atoms with Crippen LogP contribution in [0.4, 0.5) is 0 Å². The maximum Gasteiger partial charge on any atom is 0.303 e. The van der Waals surface area contributed by atoms with Crippen molar-refractivity contribution >= 4 is 22.8 Å². The summed E-state index contributed by atoms with van der Waals surface area (Å²) in [4.78, 5) is 25.2. The summed E-state index contributed by atoms with van der Waals surface area (Å²) in [5.74, 6) is -0.896. The van der Waals surface area contributed by atoms with Crippen molar-refractivity contribution in [3.05, 3.63) is 30.0 Å². The first-order chi connectivity index (χ1) is 10.1. The molecule has 110 valence electrons. The number of hydrogen-bond donors (Lipinski definition) is 2. The van der Waals surface area contributed by atoms with Crippen molar-refractivity contribution in [1.29, 1.82) is 0 Å². The summed E-state index contributed by atoms with van der Waals surface area (Å²) in [6.07, 6.45) is 1.81. The van der Waals surface area contributed by atoms with Gasteiger partial charge in [0.25, 0.3) is 5.91 Å². The molecule has 21 heavy (non-hydrogen) atoms. The minimum absolute atomic E-state index is 0.0328. The Morgan fingerprint density at radius 1 is 1.38 bits per heavy atom. The van der Waals surface area contributed by atoms with E-state index < -0.39 is 5.97 Å². The standard InChI is InChI=1S/C15H17N3O3/c19-13(20)8-10-4-3-7-18(9-10)15(21)14-11-5-1-2-6-12(11)16-17-14/h1-2,5-6,10H,3-4,7-9H2,(H,16,17)(H,19,20). The molecule has 2 aromatic rings. The van der Waals surface area contributed by atoms with Crippen molar-refractivity contribution < 1.29 is 14.7 Å². The number of carbonyl (C=O) groups is 2. The molecule has 1 saturated heterocycles. The average Bonchev–Trinajstić information content (AvgIpc) is 2.90. The summed E-state index contributed by atoms with van der Waals surface area (Å²) in [7, 11) is 0. The van der Waals surface area contributed by atoms with Crippen LogP contribution in [0.2, 0.25) is 0 Å². The van der Waals surface area contributed by atoms with Gasteiger partial charge in [0, 0.05) is 24.9 Å². The van der Waals surface area contributed by atoms with Crippen LogP contribution in [0, 0.1) is 5.92 Å². The van der Waals surface area contributed by atoms with Crippen molar-refractivity contribution in [1.82, 2.24) is 15.1 Å². The van der Waals surface area contributed by atoms with Crippen LogP contribution in [-0.4, -0.2) is 45.2 Å². The van der Waals surface area contributed by atoms with E-state index in [0.717, 1.165) is 23.7 Å². The zero-order valence-electron chi connectivity index (χ0n) is 11.6. The molecule has 3 rings (SSSR count). The van der Waals surface area contributed by atoms with Crippen LogP contribution < -0.4 is 0 Å². The van der Waals surface area contributed by atoms with E-state index in [1.807, 2.05) is 24.3 Å². The number of benzene rings is 1. The Hall–Kier alpha value is -2.37. The van der Waals surface area contributed by atoms with Crippen molar-refractivity contribution in [3.8, 4) is 0 Å². The van der Waals surface area contributed by atoms with E-state index in [1.165, 1.54) is 0 Å². The monoisotopic (exact) mass is 287 g/mol. The van der Waals surface area contributed by atoms with Gasteiger partial charge in [0.05, 0.1) is 5.52 Å². The number of aliphatic carboxylic acids is 1. The summed E-state index contributed by atoms with van der Waals surface area (Å²) in [6, 6.07) is 7.50. The summed E-state index contributed by atoms with van der Waals surface area (Å²) in [6.45, 7) is 1.16. The van der Waals surface area contributed by atoms with E-state index in [9.17, 15) is 9.59 Å². The number of para-hydroxylation sites is 1. The third-order valence-corrected chi connectivity index (χ3v) is 3.94. The van der Waals surface area contributed by atoms with Crippen LogP contribution in [0.15, 0.2) is 24.3 Å². The van der Waals surface area contributed by atoms with Crippen LogP contribution in [-0.2, 0) is 4.79 Å². The third kappa shape index (κ3) is 2.74. The highest BCUT2D eigenvalue weighted by molar-refractivity contribution is 6.04. The molecule has 0 aliphatic carbocycles. The van der Waals surface area contributed by atoms with Gasteiger partial charge in [0.15, 0.2) is 5.69 Å². The first-order valence-corrected chi connectivity index (χ1v) is 7.09. The van der Waals surface area contributed by atoms with Crippen molar-refractivity contribution in [2.45, 2.75) is 19.3 Å². The Bertz CT molecular complexity index is 680. The summed E-state index contributed by atoms with van der Waals surface area (Å²) < 4.78 is 0. The van der Waals surface area contributed by atoms with Crippen LogP contribution in [0.1, 0.15) is 29.8 Å². The lowest BCUT2D eigenvalue weighted by Gasteiger charge is -2.31. The van der Waals surface area contributed by atoms with Crippen LogP contribution in [0.25, 0.3) is 10.9 Å². The maximum absolute atomic E-state index is 12.6. The largest absolute Gasteiger partial charge is 0.481 e. The van der Waals surface area contributed by atoms with Crippen LogP contribution >= 0.6 is 0 Å². The van der Waals surface area contributed by atoms with Gasteiger partial charge in [0.1, 0.15) is 0 Å². The average molecular weight is 287 g/mol. The highest BCUT2D eigenvalue weighted by Gasteiger charge is 2.27. The molecule has 0 bridgehead atoms. The SMILES string of the molecule is O=C(O)CC1CCCN(C(=O)c2n[nH]c3ccccc23)C1. The van der Waals surface area contributed by atoms with Gasteiger partial charge in [-0.1, -0.05) is 18.2 Å². The van der Waals surface area contributed by atoms with Gasteiger partial charge in [-0.05, 0) is 24.8 Å². The highest BCUT2D eigenvalue weighted by atomic mass is 16.4. The molecule has 6 heteroatoms. The topological polar surface area (TPSA) is 86.3 Å². The molecular weight excluding hydrogens is 270 g/mol. The zero-order chi connectivity index (χ0) is 14.8. The normalized spacial score (nSPS) is 18.9. The predicted molar refractivity (Wildman–Crippen MR) is 77.0 cm³/mol. The molecule has 1 atom stereocenters. The smallest absolute Gasteiger partial charge is 0.303 e. The number of amides is 1. The number of rotatable bonds is 3. The van der Waals surface area contributed by atoms with E-state index in [4.69, 9.17) is 5.11 Å². The van der Waals surface area contributed by atoms with Gasteiger partial charge < -0.3 is 10.0 Å². The second-order valence-corrected chi connectivity index (χ2v) is 5.48. The molecule has 1 aliphatic heterocycles. The number of hydrogen-bond acceptors (Lipinski definition) is 3. The molecule has 1 aromatic heterocycles. The van der Waals surface area contributed by atoms with E-state index in [2.05, 4.69) is 10.2 Å². The predicted octanol–water partition coefficient (Wildman–Crippen LogP) is 1.89. The third-order valence-electron chi connectivity index (χ3n) is 3.94. The van der Waals surface area contributed by atoms with E-state index in [0.29, 0.717) is 18.8 Å². The van der Waals surface area contributed by atoms with Gasteiger partial charge >= 0.3 is 5.97 Å². The first-order valence-electron chi connectivity index (χ1n) is 7.09. The van der Waals surface area contributed by atoms with Gasteiger partial charge in [-0.3, -0.25) is 14.7 Å². The number of carboxylic acid groups (broad SMARTS) is 1. The van der Waals surface area contributed by atoms with Gasteiger partial charge in [-0.25, -0.2) is 0 Å². The Morgan fingerprint density at radius 3 is 3.00 bits per heavy atom. The Balaban J connectivity index is 1.80. The lowest BCUT2D eigenvalue weighted by Crippen LogP contribution is -2.40. The quantitative estimate of drug-likeness (QED) is 0.902. The number of fused-ring (bicyclic) bond motifs is 1. The van der Waals surface area contributed by atoms with Gasteiger partial charge in [-0.2, -0.15) is 5.10 Å². The van der Waals surface area contributed by atoms with Crippen molar-refractivity contribution in [2.75, 3.05) is 13.1 Å². The molecule has 1 fully saturated rings. The Kier molecular flexibility index (Phi) is 3.60. The number of carboxylic acids is 1. The lowest BCUT2D eigenvalue weighted by molar-refractivity contribution is -0.138. The number of carbonyl (C=O) groups excluding carboxylic acids is 1. The van der Waals surface area contributed by atoms with Gasteiger partial charge in [0.2, 0.25) is 0 Å². The van der Waals surface area contributed by atoms with Gasteiger partial charge in [-0.15, -0.1) is 0 Å². The Morgan fingerprint density at radius 2 is 2.19 bits per heavy atom. The molecule has 2 N–H and O–H groups in total. The molecular formula is C15H17N3O3. The number of nitrogens with one attached hydrogen (secondary N) is 1. The van der Waals surface area contributed by atoms with E-state index in [-0.39, 0.29) is 18.2 Å². The number of likely N-dealkylation sites (tertiary alicyclic amines) is 1. The minimum atomic E-state index is -0.806. The number of aromatic nitrogens is 2.